The lowest BCUT2D eigenvalue weighted by Gasteiger charge is -1.97. The topological polar surface area (TPSA) is 56.2 Å². The second-order valence-electron chi connectivity index (χ2n) is 2.10. The van der Waals surface area contributed by atoms with Crippen LogP contribution in [0.3, 0.4) is 0 Å². The van der Waals surface area contributed by atoms with Gasteiger partial charge in [-0.25, -0.2) is 4.98 Å². The maximum absolute atomic E-state index is 5.61. The fourth-order valence-electron chi connectivity index (χ4n) is 0.897. The van der Waals surface area contributed by atoms with Crippen LogP contribution in [0.4, 0.5) is 5.82 Å². The number of nitrogens with two attached hydrogens (primary N) is 1. The lowest BCUT2D eigenvalue weighted by atomic mass is 10.4. The molecule has 0 saturated carbocycles. The number of fused-ring (bicyclic) bond motifs is 1. The molecule has 0 bridgehead atoms. The highest BCUT2D eigenvalue weighted by molar-refractivity contribution is 9.10. The van der Waals surface area contributed by atoms with E-state index in [-0.39, 0.29) is 12.4 Å². The highest BCUT2D eigenvalue weighted by Crippen LogP contribution is 2.17. The van der Waals surface area contributed by atoms with E-state index in [4.69, 9.17) is 5.73 Å². The Kier molecular flexibility index (Phi) is 2.54. The minimum absolute atomic E-state index is 0. The highest BCUT2D eigenvalue weighted by Gasteiger charge is 2.01. The van der Waals surface area contributed by atoms with E-state index in [9.17, 15) is 0 Å². The first-order valence-corrected chi connectivity index (χ1v) is 3.82. The molecule has 2 aromatic rings. The summed E-state index contributed by atoms with van der Waals surface area (Å²) in [4.78, 5) is 4.00. The first-order valence-electron chi connectivity index (χ1n) is 3.03. The summed E-state index contributed by atoms with van der Waals surface area (Å²) in [7, 11) is 0. The summed E-state index contributed by atoms with van der Waals surface area (Å²) in [5.41, 5.74) is 6.35. The van der Waals surface area contributed by atoms with E-state index in [1.54, 1.807) is 10.6 Å². The van der Waals surface area contributed by atoms with E-state index in [2.05, 4.69) is 26.0 Å². The van der Waals surface area contributed by atoms with Gasteiger partial charge < -0.3 is 5.73 Å². The van der Waals surface area contributed by atoms with Crippen molar-refractivity contribution in [3.63, 3.8) is 0 Å². The van der Waals surface area contributed by atoms with Gasteiger partial charge in [-0.15, -0.1) is 12.4 Å². The Hall–Kier alpha value is -0.810. The third kappa shape index (κ3) is 1.25. The second kappa shape index (κ2) is 3.28. The van der Waals surface area contributed by atoms with E-state index in [1.165, 1.54) is 6.33 Å². The predicted octanol–water partition coefficient (Wildman–Crippen LogP) is 1.50. The maximum Gasteiger partial charge on any atom is 0.171 e. The van der Waals surface area contributed by atoms with Gasteiger partial charge in [-0.05, 0) is 28.1 Å². The lowest BCUT2D eigenvalue weighted by Crippen LogP contribution is -1.97. The van der Waals surface area contributed by atoms with Crippen molar-refractivity contribution in [2.45, 2.75) is 0 Å². The zero-order valence-corrected chi connectivity index (χ0v) is 8.34. The van der Waals surface area contributed by atoms with Crippen LogP contribution in [0.25, 0.3) is 5.65 Å². The van der Waals surface area contributed by atoms with Gasteiger partial charge in [0.05, 0.1) is 4.47 Å². The van der Waals surface area contributed by atoms with Crippen molar-refractivity contribution in [2.75, 3.05) is 5.73 Å². The van der Waals surface area contributed by atoms with Gasteiger partial charge in [0.1, 0.15) is 12.1 Å². The highest BCUT2D eigenvalue weighted by atomic mass is 79.9. The molecule has 2 aromatic heterocycles. The van der Waals surface area contributed by atoms with Crippen molar-refractivity contribution in [3.8, 4) is 0 Å². The average molecular weight is 249 g/mol. The van der Waals surface area contributed by atoms with Gasteiger partial charge in [-0.2, -0.15) is 9.61 Å². The number of aromatic nitrogens is 3. The molecule has 0 atom stereocenters. The molecule has 0 unspecified atom stereocenters. The molecule has 0 radical (unpaired) electrons. The number of rotatable bonds is 0. The lowest BCUT2D eigenvalue weighted by molar-refractivity contribution is 0.971. The van der Waals surface area contributed by atoms with Crippen LogP contribution in [-0.2, 0) is 0 Å². The van der Waals surface area contributed by atoms with Gasteiger partial charge in [-0.1, -0.05) is 0 Å². The quantitative estimate of drug-likeness (QED) is 0.770. The van der Waals surface area contributed by atoms with Crippen molar-refractivity contribution >= 4 is 39.8 Å². The average Bonchev–Trinajstić information content (AvgIpc) is 2.45. The van der Waals surface area contributed by atoms with Crippen molar-refractivity contribution in [3.05, 3.63) is 22.9 Å². The molecule has 6 heteroatoms. The molecule has 0 fully saturated rings. The van der Waals surface area contributed by atoms with Crippen LogP contribution >= 0.6 is 28.3 Å². The number of nitrogens with zero attached hydrogens (tertiary/aromatic N) is 3. The van der Waals surface area contributed by atoms with E-state index in [0.717, 1.165) is 10.1 Å². The van der Waals surface area contributed by atoms with Crippen LogP contribution in [0.2, 0.25) is 0 Å². The standard InChI is InChI=1S/C6H5BrN4.ClH/c7-4-1-2-5(8)11-6(4)9-3-10-11;/h1-3H,8H2;1H. The molecule has 2 rings (SSSR count). The number of hydrogen-bond donors (Lipinski definition) is 1. The molecule has 2 N–H and O–H groups in total. The SMILES string of the molecule is Cl.Nc1ccc(Br)c2ncnn12. The Morgan fingerprint density at radius 2 is 2.17 bits per heavy atom. The van der Waals surface area contributed by atoms with Crippen molar-refractivity contribution < 1.29 is 0 Å². The molecule has 0 aliphatic carbocycles. The first kappa shape index (κ1) is 9.28. The fourth-order valence-corrected chi connectivity index (χ4v) is 1.30. The molecule has 4 nitrogen and oxygen atoms in total. The van der Waals surface area contributed by atoms with E-state index >= 15 is 0 Å². The largest absolute Gasteiger partial charge is 0.384 e. The minimum atomic E-state index is 0. The normalized spacial score (nSPS) is 9.75. The van der Waals surface area contributed by atoms with E-state index < -0.39 is 0 Å². The molecular weight excluding hydrogens is 243 g/mol. The van der Waals surface area contributed by atoms with Gasteiger partial charge in [0.15, 0.2) is 5.65 Å². The van der Waals surface area contributed by atoms with Gasteiger partial charge in [0, 0.05) is 0 Å². The van der Waals surface area contributed by atoms with Crippen molar-refractivity contribution in [1.82, 2.24) is 14.6 Å². The number of anilines is 1. The molecule has 2 heterocycles. The maximum atomic E-state index is 5.61. The summed E-state index contributed by atoms with van der Waals surface area (Å²) in [6.07, 6.45) is 1.47. The minimum Gasteiger partial charge on any atom is -0.384 e. The summed E-state index contributed by atoms with van der Waals surface area (Å²) in [5.74, 6) is 0.584. The van der Waals surface area contributed by atoms with Crippen molar-refractivity contribution in [2.24, 2.45) is 0 Å². The monoisotopic (exact) mass is 248 g/mol. The van der Waals surface area contributed by atoms with E-state index in [0.29, 0.717) is 5.82 Å². The molecule has 0 saturated heterocycles. The smallest absolute Gasteiger partial charge is 0.171 e. The predicted molar refractivity (Wildman–Crippen MR) is 52.3 cm³/mol. The Labute approximate surface area is 83.3 Å². The summed E-state index contributed by atoms with van der Waals surface area (Å²) in [6.45, 7) is 0. The Morgan fingerprint density at radius 3 is 2.83 bits per heavy atom. The third-order valence-electron chi connectivity index (χ3n) is 1.41. The third-order valence-corrected chi connectivity index (χ3v) is 2.03. The summed E-state index contributed by atoms with van der Waals surface area (Å²) in [6, 6.07) is 3.62. The number of pyridine rings is 1. The van der Waals surface area contributed by atoms with Gasteiger partial charge in [-0.3, -0.25) is 0 Å². The second-order valence-corrected chi connectivity index (χ2v) is 2.96. The molecule has 0 aromatic carbocycles. The van der Waals surface area contributed by atoms with Gasteiger partial charge >= 0.3 is 0 Å². The van der Waals surface area contributed by atoms with Crippen LogP contribution in [-0.4, -0.2) is 14.6 Å². The zero-order chi connectivity index (χ0) is 7.84. The Balaban J connectivity index is 0.000000720. The van der Waals surface area contributed by atoms with Crippen LogP contribution in [0.15, 0.2) is 22.9 Å². The zero-order valence-electron chi connectivity index (χ0n) is 5.94. The number of nitrogen functional groups attached to an aromatic ring is 1. The summed E-state index contributed by atoms with van der Waals surface area (Å²) < 4.78 is 2.47. The molecule has 0 aliphatic rings. The Morgan fingerprint density at radius 1 is 1.42 bits per heavy atom. The van der Waals surface area contributed by atoms with Crippen LogP contribution in [0.5, 0.6) is 0 Å². The molecular formula is C6H6BrClN4. The molecule has 12 heavy (non-hydrogen) atoms. The molecule has 0 amide bonds. The Bertz CT molecular complexity index is 363. The fraction of sp³-hybridized carbons (Fsp3) is 0. The van der Waals surface area contributed by atoms with Crippen LogP contribution in [0.1, 0.15) is 0 Å². The van der Waals surface area contributed by atoms with Gasteiger partial charge in [0.2, 0.25) is 0 Å². The molecule has 0 spiro atoms. The van der Waals surface area contributed by atoms with Crippen molar-refractivity contribution in [1.29, 1.82) is 0 Å². The van der Waals surface area contributed by atoms with Crippen LogP contribution < -0.4 is 5.73 Å². The summed E-state index contributed by atoms with van der Waals surface area (Å²) in [5, 5.41) is 3.93. The van der Waals surface area contributed by atoms with E-state index in [1.807, 2.05) is 6.07 Å². The van der Waals surface area contributed by atoms with Crippen LogP contribution in [0, 0.1) is 0 Å². The molecule has 0 aliphatic heterocycles. The first-order chi connectivity index (χ1) is 5.29. The molecule has 64 valence electrons. The number of halogens is 2. The van der Waals surface area contributed by atoms with Gasteiger partial charge in [0.25, 0.3) is 0 Å². The number of hydrogen-bond acceptors (Lipinski definition) is 3. The summed E-state index contributed by atoms with van der Waals surface area (Å²) >= 11 is 3.33.